The second-order valence-corrected chi connectivity index (χ2v) is 7.91. The van der Waals surface area contributed by atoms with E-state index in [2.05, 4.69) is 15.3 Å². The van der Waals surface area contributed by atoms with Gasteiger partial charge < -0.3 is 20.7 Å². The predicted octanol–water partition coefficient (Wildman–Crippen LogP) is 2.53. The van der Waals surface area contributed by atoms with Crippen LogP contribution < -0.4 is 15.8 Å². The average molecular weight is 432 g/mol. The first kappa shape index (κ1) is 20.6. The number of carbonyl (C=O) groups is 1. The molecule has 7 nitrogen and oxygen atoms in total. The number of carbonyl (C=O) groups excluding carboxylic acids is 1. The molecule has 2 aromatic rings. The Bertz CT molecular complexity index is 1010. The van der Waals surface area contributed by atoms with Gasteiger partial charge in [0.25, 0.3) is 5.91 Å². The van der Waals surface area contributed by atoms with Gasteiger partial charge in [-0.3, -0.25) is 4.79 Å². The first-order chi connectivity index (χ1) is 14.4. The summed E-state index contributed by atoms with van der Waals surface area (Å²) in [6.07, 6.45) is 3.08. The number of aromatic nitrogens is 2. The van der Waals surface area contributed by atoms with Crippen molar-refractivity contribution in [2.24, 2.45) is 5.73 Å². The van der Waals surface area contributed by atoms with Crippen molar-refractivity contribution in [3.63, 3.8) is 0 Å². The number of piperidine rings is 1. The molecule has 0 saturated carbocycles. The third-order valence-electron chi connectivity index (χ3n) is 5.33. The summed E-state index contributed by atoms with van der Waals surface area (Å²) in [6, 6.07) is 4.00. The number of amides is 1. The van der Waals surface area contributed by atoms with Crippen LogP contribution in [0, 0.1) is 12.7 Å². The summed E-state index contributed by atoms with van der Waals surface area (Å²) in [5, 5.41) is 3.73. The minimum absolute atomic E-state index is 0.0534. The molecule has 158 valence electrons. The zero-order chi connectivity index (χ0) is 21.3. The summed E-state index contributed by atoms with van der Waals surface area (Å²) in [7, 11) is 0. The van der Waals surface area contributed by atoms with E-state index in [1.165, 1.54) is 24.4 Å². The number of nitrogens with zero attached hydrogens (tertiary/aromatic N) is 3. The molecule has 9 heteroatoms. The van der Waals surface area contributed by atoms with Gasteiger partial charge in [-0.25, -0.2) is 14.4 Å². The number of nitrogens with two attached hydrogens (primary N) is 1. The molecule has 1 saturated heterocycles. The van der Waals surface area contributed by atoms with Crippen LogP contribution >= 0.6 is 11.6 Å². The van der Waals surface area contributed by atoms with Crippen LogP contribution in [-0.4, -0.2) is 53.1 Å². The van der Waals surface area contributed by atoms with Crippen molar-refractivity contribution in [2.45, 2.75) is 25.9 Å². The minimum atomic E-state index is -0.444. The van der Waals surface area contributed by atoms with Gasteiger partial charge in [0.2, 0.25) is 0 Å². The zero-order valence-corrected chi connectivity index (χ0v) is 17.4. The lowest BCUT2D eigenvalue weighted by atomic mass is 10.1. The highest BCUT2D eigenvalue weighted by atomic mass is 35.5. The fourth-order valence-electron chi connectivity index (χ4n) is 3.64. The van der Waals surface area contributed by atoms with Crippen LogP contribution in [0.3, 0.4) is 0 Å². The Balaban J connectivity index is 1.54. The van der Waals surface area contributed by atoms with Gasteiger partial charge in [0.1, 0.15) is 17.7 Å². The number of rotatable bonds is 4. The number of halogens is 2. The maximum atomic E-state index is 13.9. The van der Waals surface area contributed by atoms with E-state index in [0.717, 1.165) is 25.9 Å². The second kappa shape index (κ2) is 8.57. The number of hydrogen-bond donors (Lipinski definition) is 2. The smallest absolute Gasteiger partial charge is 0.258 e. The van der Waals surface area contributed by atoms with Crippen molar-refractivity contribution in [1.29, 1.82) is 0 Å². The molecule has 1 aromatic carbocycles. The zero-order valence-electron chi connectivity index (χ0n) is 16.6. The molecule has 1 fully saturated rings. The Morgan fingerprint density at radius 3 is 2.83 bits per heavy atom. The van der Waals surface area contributed by atoms with Crippen molar-refractivity contribution in [1.82, 2.24) is 20.2 Å². The molecule has 0 spiro atoms. The molecule has 2 aliphatic rings. The summed E-state index contributed by atoms with van der Waals surface area (Å²) in [6.45, 7) is 3.95. The maximum absolute atomic E-state index is 13.9. The molecule has 30 heavy (non-hydrogen) atoms. The quantitative estimate of drug-likeness (QED) is 0.772. The van der Waals surface area contributed by atoms with E-state index in [0.29, 0.717) is 33.4 Å². The molecule has 3 N–H and O–H groups in total. The van der Waals surface area contributed by atoms with Crippen molar-refractivity contribution in [3.05, 3.63) is 58.0 Å². The van der Waals surface area contributed by atoms with Crippen molar-refractivity contribution < 1.29 is 13.9 Å². The van der Waals surface area contributed by atoms with Crippen LogP contribution in [0.1, 0.15) is 34.7 Å². The van der Waals surface area contributed by atoms with Gasteiger partial charge in [0, 0.05) is 23.5 Å². The maximum Gasteiger partial charge on any atom is 0.258 e. The topological polar surface area (TPSA) is 93.4 Å². The minimum Gasteiger partial charge on any atom is -0.489 e. The van der Waals surface area contributed by atoms with Gasteiger partial charge in [0.05, 0.1) is 29.4 Å². The molecule has 0 bridgehead atoms. The number of nitrogens with one attached hydrogen (secondary N) is 1. The van der Waals surface area contributed by atoms with E-state index in [9.17, 15) is 9.18 Å². The van der Waals surface area contributed by atoms with E-state index in [1.54, 1.807) is 11.8 Å². The van der Waals surface area contributed by atoms with Gasteiger partial charge >= 0.3 is 0 Å². The molecule has 0 aliphatic carbocycles. The van der Waals surface area contributed by atoms with Crippen LogP contribution in [0.2, 0.25) is 5.02 Å². The van der Waals surface area contributed by atoms with Crippen LogP contribution in [0.25, 0.3) is 5.57 Å². The standard InChI is InChI=1S/C21H23ClFN5O2/c1-12-17(22)9-26-20(27-12)16-10-28(11-18(16)24)21(29)15-3-2-13(23)8-19(15)30-14-4-6-25-7-5-14/h2-3,8-9,14,25H,4-7,10-11,24H2,1H3. The monoisotopic (exact) mass is 431 g/mol. The average Bonchev–Trinajstić information content (AvgIpc) is 3.12. The Morgan fingerprint density at radius 2 is 2.10 bits per heavy atom. The van der Waals surface area contributed by atoms with Gasteiger partial charge in [-0.1, -0.05) is 11.6 Å². The molecule has 0 unspecified atom stereocenters. The second-order valence-electron chi connectivity index (χ2n) is 7.50. The van der Waals surface area contributed by atoms with Crippen LogP contribution in [0.4, 0.5) is 4.39 Å². The molecular weight excluding hydrogens is 409 g/mol. The van der Waals surface area contributed by atoms with Crippen molar-refractivity contribution in [3.8, 4) is 5.75 Å². The van der Waals surface area contributed by atoms with E-state index >= 15 is 0 Å². The van der Waals surface area contributed by atoms with E-state index in [-0.39, 0.29) is 30.9 Å². The third-order valence-corrected chi connectivity index (χ3v) is 5.70. The normalized spacial score (nSPS) is 17.5. The molecule has 1 aromatic heterocycles. The number of aryl methyl sites for hydroxylation is 1. The molecule has 3 heterocycles. The first-order valence-corrected chi connectivity index (χ1v) is 10.2. The first-order valence-electron chi connectivity index (χ1n) is 9.85. The van der Waals surface area contributed by atoms with Crippen LogP contribution in [0.15, 0.2) is 30.1 Å². The number of ether oxygens (including phenoxy) is 1. The molecule has 1 amide bonds. The fraction of sp³-hybridized carbons (Fsp3) is 0.381. The van der Waals surface area contributed by atoms with Gasteiger partial charge in [-0.2, -0.15) is 0 Å². The lowest BCUT2D eigenvalue weighted by molar-refractivity contribution is 0.0788. The van der Waals surface area contributed by atoms with Gasteiger partial charge in [0.15, 0.2) is 5.82 Å². The third kappa shape index (κ3) is 4.24. The van der Waals surface area contributed by atoms with Crippen molar-refractivity contribution in [2.75, 3.05) is 26.2 Å². The van der Waals surface area contributed by atoms with Gasteiger partial charge in [-0.15, -0.1) is 0 Å². The summed E-state index contributed by atoms with van der Waals surface area (Å²) in [5.41, 5.74) is 8.36. The molecular formula is C21H23ClFN5O2. The van der Waals surface area contributed by atoms with E-state index in [4.69, 9.17) is 22.1 Å². The lowest BCUT2D eigenvalue weighted by Gasteiger charge is -2.26. The Kier molecular flexibility index (Phi) is 5.87. The van der Waals surface area contributed by atoms with E-state index < -0.39 is 5.82 Å². The number of benzene rings is 1. The van der Waals surface area contributed by atoms with Crippen molar-refractivity contribution >= 4 is 23.1 Å². The predicted molar refractivity (Wildman–Crippen MR) is 112 cm³/mol. The largest absolute Gasteiger partial charge is 0.489 e. The summed E-state index contributed by atoms with van der Waals surface area (Å²) in [4.78, 5) is 23.4. The highest BCUT2D eigenvalue weighted by molar-refractivity contribution is 6.31. The van der Waals surface area contributed by atoms with E-state index in [1.807, 2.05) is 0 Å². The highest BCUT2D eigenvalue weighted by Gasteiger charge is 2.30. The Labute approximate surface area is 179 Å². The van der Waals surface area contributed by atoms with Gasteiger partial charge in [-0.05, 0) is 45.0 Å². The number of hydrogen-bond acceptors (Lipinski definition) is 6. The SMILES string of the molecule is Cc1nc(C2=C(N)CN(C(=O)c3ccc(F)cc3OC3CCNCC3)C2)ncc1Cl. The summed E-state index contributed by atoms with van der Waals surface area (Å²) in [5.74, 6) is -0.00432. The summed E-state index contributed by atoms with van der Waals surface area (Å²) < 4.78 is 19.9. The molecule has 0 radical (unpaired) electrons. The Hall–Kier alpha value is -2.71. The van der Waals surface area contributed by atoms with Crippen LogP contribution in [-0.2, 0) is 0 Å². The van der Waals surface area contributed by atoms with Crippen LogP contribution in [0.5, 0.6) is 5.75 Å². The highest BCUT2D eigenvalue weighted by Crippen LogP contribution is 2.29. The molecule has 4 rings (SSSR count). The summed E-state index contributed by atoms with van der Waals surface area (Å²) >= 11 is 6.01. The molecule has 2 aliphatic heterocycles. The fourth-order valence-corrected chi connectivity index (χ4v) is 3.73. The Morgan fingerprint density at radius 1 is 1.33 bits per heavy atom. The molecule has 0 atom stereocenters. The lowest BCUT2D eigenvalue weighted by Crippen LogP contribution is -2.35.